The zero-order chi connectivity index (χ0) is 12.3. The van der Waals surface area contributed by atoms with E-state index in [1.807, 2.05) is 12.3 Å². The maximum absolute atomic E-state index is 5.38. The van der Waals surface area contributed by atoms with Crippen LogP contribution >= 0.6 is 0 Å². The first-order valence-corrected chi connectivity index (χ1v) is 6.38. The number of pyridine rings is 1. The molecule has 0 aliphatic carbocycles. The van der Waals surface area contributed by atoms with Crippen LogP contribution in [0.3, 0.4) is 0 Å². The van der Waals surface area contributed by atoms with Gasteiger partial charge in [0.2, 0.25) is 0 Å². The number of nitrogens with two attached hydrogens (primary N) is 1. The van der Waals surface area contributed by atoms with Crippen LogP contribution in [0.15, 0.2) is 18.3 Å². The number of hydrogen-bond acceptors (Lipinski definition) is 4. The number of nitrogens with zero attached hydrogens (tertiary/aromatic N) is 2. The Morgan fingerprint density at radius 2 is 2.12 bits per heavy atom. The summed E-state index contributed by atoms with van der Waals surface area (Å²) in [4.78, 5) is 6.70. The summed E-state index contributed by atoms with van der Waals surface area (Å²) in [5.41, 5.74) is 3.87. The first-order chi connectivity index (χ1) is 8.20. The van der Waals surface area contributed by atoms with Crippen LogP contribution in [-0.2, 0) is 6.54 Å². The molecule has 2 atom stereocenters. The van der Waals surface area contributed by atoms with E-state index in [0.29, 0.717) is 12.1 Å². The second kappa shape index (κ2) is 5.47. The molecule has 1 aromatic heterocycles. The number of nitrogens with one attached hydrogen (secondary N) is 1. The molecule has 0 aromatic carbocycles. The molecule has 1 aliphatic rings. The summed E-state index contributed by atoms with van der Waals surface area (Å²) in [7, 11) is 0. The van der Waals surface area contributed by atoms with Crippen molar-refractivity contribution in [3.8, 4) is 0 Å². The standard InChI is InChI=1S/C13H22N4/c1-10-4-3-5-11(2)17(10)9-12-6-7-15-13(8-12)16-14/h6-8,10-11H,3-5,9,14H2,1-2H3,(H,15,16)/t10-,11+. The predicted molar refractivity (Wildman–Crippen MR) is 70.4 cm³/mol. The normalized spacial score (nSPS) is 25.8. The molecule has 2 heterocycles. The van der Waals surface area contributed by atoms with E-state index >= 15 is 0 Å². The molecule has 94 valence electrons. The molecule has 1 fully saturated rings. The molecular weight excluding hydrogens is 212 g/mol. The van der Waals surface area contributed by atoms with E-state index < -0.39 is 0 Å². The number of nitrogen functional groups attached to an aromatic ring is 1. The Kier molecular flexibility index (Phi) is 3.97. The van der Waals surface area contributed by atoms with Gasteiger partial charge in [-0.25, -0.2) is 10.8 Å². The van der Waals surface area contributed by atoms with Gasteiger partial charge in [0, 0.05) is 24.8 Å². The summed E-state index contributed by atoms with van der Waals surface area (Å²) >= 11 is 0. The number of likely N-dealkylation sites (tertiary alicyclic amines) is 1. The minimum atomic E-state index is 0.668. The summed E-state index contributed by atoms with van der Waals surface area (Å²) in [5, 5.41) is 0. The molecule has 4 heteroatoms. The fraction of sp³-hybridized carbons (Fsp3) is 0.615. The van der Waals surface area contributed by atoms with E-state index in [1.165, 1.54) is 24.8 Å². The molecule has 0 unspecified atom stereocenters. The topological polar surface area (TPSA) is 54.2 Å². The van der Waals surface area contributed by atoms with Crippen molar-refractivity contribution >= 4 is 5.82 Å². The van der Waals surface area contributed by atoms with Gasteiger partial charge in [-0.05, 0) is 44.4 Å². The van der Waals surface area contributed by atoms with E-state index in [-0.39, 0.29) is 0 Å². The van der Waals surface area contributed by atoms with Gasteiger partial charge in [0.1, 0.15) is 5.82 Å². The van der Waals surface area contributed by atoms with E-state index in [9.17, 15) is 0 Å². The lowest BCUT2D eigenvalue weighted by Crippen LogP contribution is -2.42. The molecule has 2 rings (SSSR count). The highest BCUT2D eigenvalue weighted by Gasteiger charge is 2.24. The number of piperidine rings is 1. The average molecular weight is 234 g/mol. The van der Waals surface area contributed by atoms with Gasteiger partial charge < -0.3 is 5.43 Å². The van der Waals surface area contributed by atoms with Gasteiger partial charge in [0.25, 0.3) is 0 Å². The smallest absolute Gasteiger partial charge is 0.140 e. The zero-order valence-corrected chi connectivity index (χ0v) is 10.7. The minimum Gasteiger partial charge on any atom is -0.308 e. The quantitative estimate of drug-likeness (QED) is 0.621. The van der Waals surface area contributed by atoms with Gasteiger partial charge in [-0.15, -0.1) is 0 Å². The van der Waals surface area contributed by atoms with Crippen LogP contribution in [0.5, 0.6) is 0 Å². The molecule has 0 amide bonds. The molecule has 0 bridgehead atoms. The molecule has 0 saturated carbocycles. The van der Waals surface area contributed by atoms with Crippen LogP contribution in [-0.4, -0.2) is 22.0 Å². The van der Waals surface area contributed by atoms with Crippen molar-refractivity contribution in [2.24, 2.45) is 5.84 Å². The first-order valence-electron chi connectivity index (χ1n) is 6.38. The van der Waals surface area contributed by atoms with Crippen molar-refractivity contribution in [2.45, 2.75) is 51.7 Å². The van der Waals surface area contributed by atoms with Gasteiger partial charge >= 0.3 is 0 Å². The molecule has 17 heavy (non-hydrogen) atoms. The van der Waals surface area contributed by atoms with Crippen LogP contribution in [0.4, 0.5) is 5.82 Å². The van der Waals surface area contributed by atoms with Gasteiger partial charge in [-0.2, -0.15) is 0 Å². The van der Waals surface area contributed by atoms with Gasteiger partial charge in [0.15, 0.2) is 0 Å². The lowest BCUT2D eigenvalue weighted by Gasteiger charge is -2.39. The summed E-state index contributed by atoms with van der Waals surface area (Å²) < 4.78 is 0. The maximum atomic E-state index is 5.38. The Bertz CT molecular complexity index is 356. The molecular formula is C13H22N4. The third-order valence-corrected chi connectivity index (χ3v) is 3.71. The third kappa shape index (κ3) is 2.96. The second-order valence-corrected chi connectivity index (χ2v) is 4.99. The lowest BCUT2D eigenvalue weighted by atomic mass is 9.97. The Morgan fingerprint density at radius 1 is 1.41 bits per heavy atom. The van der Waals surface area contributed by atoms with Crippen molar-refractivity contribution in [1.82, 2.24) is 9.88 Å². The molecule has 1 saturated heterocycles. The summed E-state index contributed by atoms with van der Waals surface area (Å²) in [6.07, 6.45) is 5.77. The maximum Gasteiger partial charge on any atom is 0.140 e. The van der Waals surface area contributed by atoms with Crippen LogP contribution in [0.25, 0.3) is 0 Å². The number of aromatic nitrogens is 1. The van der Waals surface area contributed by atoms with E-state index in [4.69, 9.17) is 5.84 Å². The molecule has 0 spiro atoms. The fourth-order valence-corrected chi connectivity index (χ4v) is 2.65. The van der Waals surface area contributed by atoms with Crippen molar-refractivity contribution in [3.05, 3.63) is 23.9 Å². The Balaban J connectivity index is 2.07. The fourth-order valence-electron chi connectivity index (χ4n) is 2.65. The Hall–Kier alpha value is -1.13. The van der Waals surface area contributed by atoms with Crippen molar-refractivity contribution in [3.63, 3.8) is 0 Å². The Morgan fingerprint density at radius 3 is 2.76 bits per heavy atom. The van der Waals surface area contributed by atoms with Gasteiger partial charge in [-0.3, -0.25) is 4.90 Å². The molecule has 1 aromatic rings. The largest absolute Gasteiger partial charge is 0.308 e. The van der Waals surface area contributed by atoms with Crippen molar-refractivity contribution < 1.29 is 0 Å². The van der Waals surface area contributed by atoms with E-state index in [2.05, 4.69) is 35.2 Å². The van der Waals surface area contributed by atoms with Crippen LogP contribution in [0.1, 0.15) is 38.7 Å². The monoisotopic (exact) mass is 234 g/mol. The van der Waals surface area contributed by atoms with Crippen LogP contribution in [0.2, 0.25) is 0 Å². The SMILES string of the molecule is C[C@@H]1CCC[C@H](C)N1Cc1ccnc(NN)c1. The minimum absolute atomic E-state index is 0.668. The molecule has 3 N–H and O–H groups in total. The van der Waals surface area contributed by atoms with Crippen molar-refractivity contribution in [1.29, 1.82) is 0 Å². The highest BCUT2D eigenvalue weighted by Crippen LogP contribution is 2.24. The molecule has 0 radical (unpaired) electrons. The van der Waals surface area contributed by atoms with E-state index in [1.54, 1.807) is 0 Å². The average Bonchev–Trinajstić information content (AvgIpc) is 2.34. The molecule has 4 nitrogen and oxygen atoms in total. The van der Waals surface area contributed by atoms with Crippen molar-refractivity contribution in [2.75, 3.05) is 5.43 Å². The number of anilines is 1. The first kappa shape index (κ1) is 12.3. The number of rotatable bonds is 3. The number of hydrazine groups is 1. The predicted octanol–water partition coefficient (Wildman–Crippen LogP) is 2.13. The lowest BCUT2D eigenvalue weighted by molar-refractivity contribution is 0.0953. The summed E-state index contributed by atoms with van der Waals surface area (Å²) in [5.74, 6) is 6.12. The molecule has 1 aliphatic heterocycles. The number of hydrogen-bond donors (Lipinski definition) is 2. The zero-order valence-electron chi connectivity index (χ0n) is 10.7. The second-order valence-electron chi connectivity index (χ2n) is 4.99. The summed E-state index contributed by atoms with van der Waals surface area (Å²) in [6.45, 7) is 5.62. The Labute approximate surface area is 103 Å². The van der Waals surface area contributed by atoms with Gasteiger partial charge in [0.05, 0.1) is 0 Å². The van der Waals surface area contributed by atoms with Crippen LogP contribution in [0, 0.1) is 0 Å². The third-order valence-electron chi connectivity index (χ3n) is 3.71. The highest BCUT2D eigenvalue weighted by atomic mass is 15.2. The summed E-state index contributed by atoms with van der Waals surface area (Å²) in [6, 6.07) is 5.42. The highest BCUT2D eigenvalue weighted by molar-refractivity contribution is 5.35. The van der Waals surface area contributed by atoms with Gasteiger partial charge in [-0.1, -0.05) is 6.42 Å². The van der Waals surface area contributed by atoms with E-state index in [0.717, 1.165) is 12.4 Å². The van der Waals surface area contributed by atoms with Crippen LogP contribution < -0.4 is 11.3 Å².